The van der Waals surface area contributed by atoms with E-state index in [1.165, 1.54) is 0 Å². The number of unbranched alkanes of at least 4 members (excludes halogenated alkanes) is 5. The van der Waals surface area contributed by atoms with Gasteiger partial charge in [0.2, 0.25) is 0 Å². The molecular weight excluding hydrogens is 351 g/mol. The van der Waals surface area contributed by atoms with E-state index in [-0.39, 0.29) is 19.4 Å². The van der Waals surface area contributed by atoms with Gasteiger partial charge in [-0.05, 0) is 12.8 Å². The van der Waals surface area contributed by atoms with E-state index in [0.29, 0.717) is 12.8 Å². The van der Waals surface area contributed by atoms with E-state index in [1.807, 2.05) is 6.92 Å². The van der Waals surface area contributed by atoms with Crippen LogP contribution in [0.5, 0.6) is 0 Å². The fourth-order valence-corrected chi connectivity index (χ4v) is 2.38. The lowest BCUT2D eigenvalue weighted by Gasteiger charge is -2.18. The van der Waals surface area contributed by atoms with Gasteiger partial charge in [-0.15, -0.1) is 0 Å². The third-order valence-corrected chi connectivity index (χ3v) is 3.86. The van der Waals surface area contributed by atoms with Gasteiger partial charge >= 0.3 is 19.8 Å². The summed E-state index contributed by atoms with van der Waals surface area (Å²) in [6.07, 6.45) is 5.65. The van der Waals surface area contributed by atoms with Crippen LogP contribution in [-0.4, -0.2) is 41.0 Å². The molecule has 0 fully saturated rings. The zero-order valence-corrected chi connectivity index (χ0v) is 16.0. The third-order valence-electron chi connectivity index (χ3n) is 3.38. The molecule has 0 unspecified atom stereocenters. The van der Waals surface area contributed by atoms with Gasteiger partial charge in [-0.1, -0.05) is 46.0 Å². The molecule has 8 nitrogen and oxygen atoms in total. The molecule has 0 aliphatic heterocycles. The minimum atomic E-state index is -4.69. The van der Waals surface area contributed by atoms with Gasteiger partial charge in [0.1, 0.15) is 6.61 Å². The minimum Gasteiger partial charge on any atom is -0.462 e. The number of carbonyl (C=O) groups is 2. The predicted molar refractivity (Wildman–Crippen MR) is 91.7 cm³/mol. The highest BCUT2D eigenvalue weighted by Crippen LogP contribution is 2.35. The van der Waals surface area contributed by atoms with Crippen LogP contribution in [0, 0.1) is 0 Å². The number of hydrogen-bond acceptors (Lipinski definition) is 6. The van der Waals surface area contributed by atoms with Crippen molar-refractivity contribution in [2.75, 3.05) is 13.2 Å². The van der Waals surface area contributed by atoms with Crippen LogP contribution >= 0.6 is 7.82 Å². The zero-order valence-electron chi connectivity index (χ0n) is 15.1. The molecule has 148 valence electrons. The molecule has 0 aliphatic carbocycles. The molecule has 0 amide bonds. The van der Waals surface area contributed by atoms with Gasteiger partial charge < -0.3 is 19.3 Å². The first-order valence-electron chi connectivity index (χ1n) is 8.83. The summed E-state index contributed by atoms with van der Waals surface area (Å²) in [7, 11) is -4.69. The van der Waals surface area contributed by atoms with Gasteiger partial charge in [-0.3, -0.25) is 14.1 Å². The second-order valence-electron chi connectivity index (χ2n) is 5.85. The average molecular weight is 382 g/mol. The van der Waals surface area contributed by atoms with Crippen LogP contribution in [-0.2, 0) is 28.2 Å². The number of carbonyl (C=O) groups excluding carboxylic acids is 2. The Morgan fingerprint density at radius 2 is 1.44 bits per heavy atom. The summed E-state index contributed by atoms with van der Waals surface area (Å²) in [5.41, 5.74) is 0. The molecule has 25 heavy (non-hydrogen) atoms. The molecule has 0 heterocycles. The standard InChI is InChI=1S/C16H31O8P/c1-3-5-7-9-11-16(18)24-14(13-23-25(19,20)21)12-22-15(17)10-8-6-4-2/h14H,3-13H2,1-2H3,(H2,19,20,21)/t14-/m1/s1. The Morgan fingerprint density at radius 1 is 0.880 bits per heavy atom. The fraction of sp³-hybridized carbons (Fsp3) is 0.875. The smallest absolute Gasteiger partial charge is 0.462 e. The van der Waals surface area contributed by atoms with Gasteiger partial charge in [0, 0.05) is 12.8 Å². The molecule has 1 atom stereocenters. The molecule has 2 N–H and O–H groups in total. The van der Waals surface area contributed by atoms with Crippen LogP contribution < -0.4 is 0 Å². The number of phosphoric ester groups is 1. The van der Waals surface area contributed by atoms with Crippen LogP contribution in [0.2, 0.25) is 0 Å². The summed E-state index contributed by atoms with van der Waals surface area (Å²) in [4.78, 5) is 40.9. The van der Waals surface area contributed by atoms with Crippen molar-refractivity contribution in [2.45, 2.75) is 77.7 Å². The number of hydrogen-bond donors (Lipinski definition) is 2. The van der Waals surface area contributed by atoms with Crippen molar-refractivity contribution >= 4 is 19.8 Å². The average Bonchev–Trinajstić information content (AvgIpc) is 2.53. The van der Waals surface area contributed by atoms with E-state index in [4.69, 9.17) is 19.3 Å². The summed E-state index contributed by atoms with van der Waals surface area (Å²) >= 11 is 0. The lowest BCUT2D eigenvalue weighted by atomic mass is 10.1. The van der Waals surface area contributed by atoms with Crippen molar-refractivity contribution < 1.29 is 37.9 Å². The molecular formula is C16H31O8P. The van der Waals surface area contributed by atoms with E-state index in [2.05, 4.69) is 11.4 Å². The lowest BCUT2D eigenvalue weighted by Crippen LogP contribution is -2.29. The highest BCUT2D eigenvalue weighted by Gasteiger charge is 2.22. The summed E-state index contributed by atoms with van der Waals surface area (Å²) < 4.78 is 25.3. The molecule has 0 radical (unpaired) electrons. The Hall–Kier alpha value is -0.950. The highest BCUT2D eigenvalue weighted by atomic mass is 31.2. The molecule has 9 heteroatoms. The van der Waals surface area contributed by atoms with Crippen LogP contribution in [0.4, 0.5) is 0 Å². The third kappa shape index (κ3) is 16.3. The predicted octanol–water partition coefficient (Wildman–Crippen LogP) is 3.10. The van der Waals surface area contributed by atoms with E-state index in [1.54, 1.807) is 0 Å². The molecule has 0 spiro atoms. The number of phosphoric acid groups is 1. The van der Waals surface area contributed by atoms with Crippen LogP contribution in [0.25, 0.3) is 0 Å². The Morgan fingerprint density at radius 3 is 2.04 bits per heavy atom. The van der Waals surface area contributed by atoms with Crippen molar-refractivity contribution in [3.8, 4) is 0 Å². The van der Waals surface area contributed by atoms with Gasteiger partial charge in [-0.25, -0.2) is 4.57 Å². The molecule has 0 aromatic rings. The van der Waals surface area contributed by atoms with Crippen molar-refractivity contribution in [3.63, 3.8) is 0 Å². The maximum atomic E-state index is 11.8. The molecule has 0 rings (SSSR count). The normalized spacial score (nSPS) is 12.6. The SMILES string of the molecule is CCCCCCC(=O)O[C@H](COC(=O)CCCCC)COP(=O)(O)O. The highest BCUT2D eigenvalue weighted by molar-refractivity contribution is 7.46. The Kier molecular flexibility index (Phi) is 13.7. The monoisotopic (exact) mass is 382 g/mol. The molecule has 0 aromatic heterocycles. The maximum Gasteiger partial charge on any atom is 0.469 e. The van der Waals surface area contributed by atoms with Crippen molar-refractivity contribution in [3.05, 3.63) is 0 Å². The zero-order chi connectivity index (χ0) is 19.1. The lowest BCUT2D eigenvalue weighted by molar-refractivity contribution is -0.161. The van der Waals surface area contributed by atoms with Crippen molar-refractivity contribution in [1.82, 2.24) is 0 Å². The van der Waals surface area contributed by atoms with Gasteiger partial charge in [-0.2, -0.15) is 0 Å². The van der Waals surface area contributed by atoms with E-state index in [9.17, 15) is 14.2 Å². The topological polar surface area (TPSA) is 119 Å². The second kappa shape index (κ2) is 14.2. The molecule has 0 aromatic carbocycles. The van der Waals surface area contributed by atoms with E-state index in [0.717, 1.165) is 32.1 Å². The summed E-state index contributed by atoms with van der Waals surface area (Å²) in [5.74, 6) is -0.939. The molecule has 0 saturated carbocycles. The van der Waals surface area contributed by atoms with Gasteiger partial charge in [0.25, 0.3) is 0 Å². The first-order valence-corrected chi connectivity index (χ1v) is 10.4. The van der Waals surface area contributed by atoms with Gasteiger partial charge in [0.05, 0.1) is 6.61 Å². The molecule has 0 saturated heterocycles. The van der Waals surface area contributed by atoms with E-state index < -0.39 is 32.5 Å². The Labute approximate surface area is 149 Å². The first-order chi connectivity index (χ1) is 11.8. The van der Waals surface area contributed by atoms with Crippen LogP contribution in [0.3, 0.4) is 0 Å². The quantitative estimate of drug-likeness (QED) is 0.252. The van der Waals surface area contributed by atoms with Crippen molar-refractivity contribution in [2.24, 2.45) is 0 Å². The second-order valence-corrected chi connectivity index (χ2v) is 7.09. The fourth-order valence-electron chi connectivity index (χ4n) is 2.01. The largest absolute Gasteiger partial charge is 0.469 e. The summed E-state index contributed by atoms with van der Waals surface area (Å²) in [6, 6.07) is 0. The van der Waals surface area contributed by atoms with Gasteiger partial charge in [0.15, 0.2) is 6.10 Å². The summed E-state index contributed by atoms with van der Waals surface area (Å²) in [6.45, 7) is 3.25. The Bertz CT molecular complexity index is 420. The van der Waals surface area contributed by atoms with Crippen molar-refractivity contribution in [1.29, 1.82) is 0 Å². The summed E-state index contributed by atoms with van der Waals surface area (Å²) in [5, 5.41) is 0. The minimum absolute atomic E-state index is 0.205. The number of esters is 2. The van der Waals surface area contributed by atoms with Crippen LogP contribution in [0.1, 0.15) is 71.6 Å². The van der Waals surface area contributed by atoms with E-state index >= 15 is 0 Å². The maximum absolute atomic E-state index is 11.8. The van der Waals surface area contributed by atoms with Crippen LogP contribution in [0.15, 0.2) is 0 Å². The molecule has 0 aliphatic rings. The number of rotatable bonds is 15. The Balaban J connectivity index is 4.32. The molecule has 0 bridgehead atoms. The number of ether oxygens (including phenoxy) is 2. The first kappa shape index (κ1) is 24.1.